The monoisotopic (exact) mass is 450 g/mol. The summed E-state index contributed by atoms with van der Waals surface area (Å²) in [6.07, 6.45) is 3.32. The highest BCUT2D eigenvalue weighted by molar-refractivity contribution is 6.30. The normalized spacial score (nSPS) is 18.2. The van der Waals surface area contributed by atoms with Crippen molar-refractivity contribution in [3.8, 4) is 11.3 Å². The molecule has 1 N–H and O–H groups in total. The van der Waals surface area contributed by atoms with Gasteiger partial charge >= 0.3 is 0 Å². The Kier molecular flexibility index (Phi) is 5.57. The second-order valence-corrected chi connectivity index (χ2v) is 8.87. The first-order valence-corrected chi connectivity index (χ1v) is 11.2. The second-order valence-electron chi connectivity index (χ2n) is 8.43. The van der Waals surface area contributed by atoms with Gasteiger partial charge in [-0.2, -0.15) is 0 Å². The maximum atomic E-state index is 13.2. The van der Waals surface area contributed by atoms with Crippen LogP contribution in [0.1, 0.15) is 18.4 Å². The van der Waals surface area contributed by atoms with Crippen LogP contribution in [-0.4, -0.2) is 41.1 Å². The lowest BCUT2D eigenvalue weighted by Crippen LogP contribution is -2.56. The summed E-state index contributed by atoms with van der Waals surface area (Å²) in [6.45, 7) is 2.96. The fourth-order valence-corrected chi connectivity index (χ4v) is 4.86. The van der Waals surface area contributed by atoms with E-state index in [0.29, 0.717) is 11.7 Å². The maximum absolute atomic E-state index is 13.2. The molecule has 0 aliphatic carbocycles. The molecule has 0 saturated carbocycles. The number of hydrogen-bond acceptors (Lipinski definition) is 4. The molecular weight excluding hydrogens is 427 g/mol. The van der Waals surface area contributed by atoms with Gasteiger partial charge in [-0.25, -0.2) is 4.39 Å². The van der Waals surface area contributed by atoms with E-state index in [9.17, 15) is 9.18 Å². The number of amides is 1. The Bertz CT molecular complexity index is 1110. The molecule has 0 unspecified atom stereocenters. The predicted molar refractivity (Wildman–Crippen MR) is 124 cm³/mol. The summed E-state index contributed by atoms with van der Waals surface area (Å²) in [5.74, 6) is -0.148. The average molecular weight is 451 g/mol. The van der Waals surface area contributed by atoms with E-state index in [4.69, 9.17) is 11.6 Å². The van der Waals surface area contributed by atoms with Crippen molar-refractivity contribution in [2.45, 2.75) is 24.9 Å². The van der Waals surface area contributed by atoms with Gasteiger partial charge < -0.3 is 10.2 Å². The SMILES string of the molecule is O=C1NCN(c2ccc(Cl)cc2)C12CCN(Cc1ccnc(-c3ccc(F)cc3)c1)CC2. The fraction of sp³-hybridized carbons (Fsp3) is 0.280. The zero-order valence-electron chi connectivity index (χ0n) is 17.6. The summed E-state index contributed by atoms with van der Waals surface area (Å²) < 4.78 is 13.2. The minimum atomic E-state index is -0.512. The smallest absolute Gasteiger partial charge is 0.247 e. The van der Waals surface area contributed by atoms with Crippen molar-refractivity contribution in [2.75, 3.05) is 24.7 Å². The number of piperidine rings is 1. The van der Waals surface area contributed by atoms with Gasteiger partial charge in [0.15, 0.2) is 0 Å². The predicted octanol–water partition coefficient (Wildman–Crippen LogP) is 4.47. The molecule has 5 rings (SSSR count). The minimum Gasteiger partial charge on any atom is -0.339 e. The lowest BCUT2D eigenvalue weighted by molar-refractivity contribution is -0.125. The van der Waals surface area contributed by atoms with Gasteiger partial charge in [-0.15, -0.1) is 0 Å². The van der Waals surface area contributed by atoms with Crippen LogP contribution in [-0.2, 0) is 11.3 Å². The van der Waals surface area contributed by atoms with Gasteiger partial charge in [-0.3, -0.25) is 14.7 Å². The molecule has 2 fully saturated rings. The van der Waals surface area contributed by atoms with Crippen LogP contribution < -0.4 is 10.2 Å². The topological polar surface area (TPSA) is 48.5 Å². The largest absolute Gasteiger partial charge is 0.339 e. The van der Waals surface area contributed by atoms with Gasteiger partial charge in [0.2, 0.25) is 5.91 Å². The molecular formula is C25H24ClFN4O. The van der Waals surface area contributed by atoms with Crippen LogP contribution in [0.3, 0.4) is 0 Å². The van der Waals surface area contributed by atoms with Gasteiger partial charge in [-0.05, 0) is 79.1 Å². The standard InChI is InChI=1S/C25H24ClFN4O/c26-20-3-7-22(8-4-20)31-17-29-24(32)25(31)10-13-30(14-11-25)16-18-9-12-28-23(15-18)19-1-5-21(27)6-2-19/h1-9,12,15H,10-11,13-14,16-17H2,(H,29,32). The van der Waals surface area contributed by atoms with Crippen molar-refractivity contribution < 1.29 is 9.18 Å². The number of likely N-dealkylation sites (tertiary alicyclic amines) is 1. The summed E-state index contributed by atoms with van der Waals surface area (Å²) in [4.78, 5) is 21.9. The van der Waals surface area contributed by atoms with Crippen LogP contribution in [0.25, 0.3) is 11.3 Å². The van der Waals surface area contributed by atoms with Gasteiger partial charge in [-0.1, -0.05) is 11.6 Å². The minimum absolute atomic E-state index is 0.106. The van der Waals surface area contributed by atoms with Gasteiger partial charge in [0.05, 0.1) is 12.4 Å². The van der Waals surface area contributed by atoms with E-state index in [1.807, 2.05) is 30.3 Å². The molecule has 2 aliphatic rings. The third-order valence-corrected chi connectivity index (χ3v) is 6.78. The van der Waals surface area contributed by atoms with E-state index < -0.39 is 5.54 Å². The van der Waals surface area contributed by atoms with Gasteiger partial charge in [0.25, 0.3) is 0 Å². The number of nitrogens with one attached hydrogen (secondary N) is 1. The van der Waals surface area contributed by atoms with E-state index in [-0.39, 0.29) is 11.7 Å². The van der Waals surface area contributed by atoms with Crippen molar-refractivity contribution in [1.29, 1.82) is 0 Å². The van der Waals surface area contributed by atoms with Crippen LogP contribution in [0.15, 0.2) is 66.9 Å². The summed E-state index contributed by atoms with van der Waals surface area (Å²) in [7, 11) is 0. The maximum Gasteiger partial charge on any atom is 0.247 e. The van der Waals surface area contributed by atoms with Crippen molar-refractivity contribution in [3.05, 3.63) is 83.3 Å². The number of carbonyl (C=O) groups is 1. The van der Waals surface area contributed by atoms with Crippen molar-refractivity contribution >= 4 is 23.2 Å². The van der Waals surface area contributed by atoms with E-state index in [1.54, 1.807) is 18.3 Å². The number of halogens is 2. The first-order valence-electron chi connectivity index (χ1n) is 10.8. The highest BCUT2D eigenvalue weighted by Crippen LogP contribution is 2.37. The molecule has 2 aliphatic heterocycles. The number of aromatic nitrogens is 1. The number of anilines is 1. The summed E-state index contributed by atoms with van der Waals surface area (Å²) in [5.41, 5.74) is 3.38. The van der Waals surface area contributed by atoms with Crippen molar-refractivity contribution in [3.63, 3.8) is 0 Å². The summed E-state index contributed by atoms with van der Waals surface area (Å²) in [6, 6.07) is 18.1. The zero-order chi connectivity index (χ0) is 22.1. The van der Waals surface area contributed by atoms with Gasteiger partial charge in [0.1, 0.15) is 11.4 Å². The third-order valence-electron chi connectivity index (χ3n) is 6.53. The molecule has 0 radical (unpaired) electrons. The molecule has 32 heavy (non-hydrogen) atoms. The quantitative estimate of drug-likeness (QED) is 0.637. The molecule has 5 nitrogen and oxygen atoms in total. The molecule has 3 aromatic rings. The number of benzene rings is 2. The fourth-order valence-electron chi connectivity index (χ4n) is 4.74. The Labute approximate surface area is 191 Å². The van der Waals surface area contributed by atoms with Crippen LogP contribution in [0, 0.1) is 5.82 Å². The van der Waals surface area contributed by atoms with Crippen LogP contribution in [0.5, 0.6) is 0 Å². The highest BCUT2D eigenvalue weighted by Gasteiger charge is 2.50. The molecule has 2 aromatic carbocycles. The Morgan fingerprint density at radius 3 is 2.47 bits per heavy atom. The Hall–Kier alpha value is -2.96. The van der Waals surface area contributed by atoms with E-state index in [2.05, 4.69) is 26.2 Å². The lowest BCUT2D eigenvalue weighted by atomic mass is 9.85. The summed E-state index contributed by atoms with van der Waals surface area (Å²) in [5, 5.41) is 3.73. The van der Waals surface area contributed by atoms with E-state index >= 15 is 0 Å². The van der Waals surface area contributed by atoms with Crippen LogP contribution in [0.2, 0.25) is 5.02 Å². The van der Waals surface area contributed by atoms with Crippen LogP contribution in [0.4, 0.5) is 10.1 Å². The van der Waals surface area contributed by atoms with Gasteiger partial charge in [0, 0.05) is 42.1 Å². The highest BCUT2D eigenvalue weighted by atomic mass is 35.5. The molecule has 1 amide bonds. The first-order chi connectivity index (χ1) is 15.5. The van der Waals surface area contributed by atoms with Crippen LogP contribution >= 0.6 is 11.6 Å². The summed E-state index contributed by atoms with van der Waals surface area (Å²) >= 11 is 6.05. The third kappa shape index (κ3) is 3.96. The Balaban J connectivity index is 1.28. The lowest BCUT2D eigenvalue weighted by Gasteiger charge is -2.43. The van der Waals surface area contributed by atoms with E-state index in [1.165, 1.54) is 12.1 Å². The first kappa shape index (κ1) is 20.9. The molecule has 3 heterocycles. The van der Waals surface area contributed by atoms with Crippen molar-refractivity contribution in [1.82, 2.24) is 15.2 Å². The van der Waals surface area contributed by atoms with Crippen molar-refractivity contribution in [2.24, 2.45) is 0 Å². The molecule has 7 heteroatoms. The Morgan fingerprint density at radius 1 is 1.03 bits per heavy atom. The Morgan fingerprint density at radius 2 is 1.75 bits per heavy atom. The number of rotatable bonds is 4. The molecule has 0 bridgehead atoms. The number of nitrogens with zero attached hydrogens (tertiary/aromatic N) is 3. The molecule has 1 spiro atoms. The van der Waals surface area contributed by atoms with E-state index in [0.717, 1.165) is 55.0 Å². The molecule has 164 valence electrons. The number of hydrogen-bond donors (Lipinski definition) is 1. The number of carbonyl (C=O) groups excluding carboxylic acids is 1. The number of pyridine rings is 1. The molecule has 0 atom stereocenters. The molecule has 2 saturated heterocycles. The average Bonchev–Trinajstić information content (AvgIpc) is 3.12. The second kappa shape index (κ2) is 8.52. The molecule has 1 aromatic heterocycles. The zero-order valence-corrected chi connectivity index (χ0v) is 18.4.